The third-order valence-corrected chi connectivity index (χ3v) is 1.75. The standard InChI is InChI=1S/C10H17N3/c1-7(2)4-9-5-8(3)12-10(6-11)13-9/h5,7H,4,6,11H2,1-3H3. The zero-order valence-electron chi connectivity index (χ0n) is 8.54. The molecular formula is C10H17N3. The van der Waals surface area contributed by atoms with Crippen LogP contribution in [0.4, 0.5) is 0 Å². The average molecular weight is 179 g/mol. The van der Waals surface area contributed by atoms with Crippen LogP contribution in [0.1, 0.15) is 31.1 Å². The van der Waals surface area contributed by atoms with Gasteiger partial charge >= 0.3 is 0 Å². The highest BCUT2D eigenvalue weighted by molar-refractivity contribution is 5.10. The number of nitrogens with two attached hydrogens (primary N) is 1. The number of hydrogen-bond donors (Lipinski definition) is 1. The van der Waals surface area contributed by atoms with E-state index in [1.165, 1.54) is 0 Å². The van der Waals surface area contributed by atoms with Gasteiger partial charge in [0.2, 0.25) is 0 Å². The molecule has 72 valence electrons. The molecule has 0 unspecified atom stereocenters. The summed E-state index contributed by atoms with van der Waals surface area (Å²) < 4.78 is 0. The fourth-order valence-corrected chi connectivity index (χ4v) is 1.31. The molecule has 1 rings (SSSR count). The SMILES string of the molecule is Cc1cc(CC(C)C)nc(CN)n1. The summed E-state index contributed by atoms with van der Waals surface area (Å²) in [5.41, 5.74) is 7.60. The molecule has 0 aliphatic heterocycles. The van der Waals surface area contributed by atoms with Crippen molar-refractivity contribution in [2.24, 2.45) is 11.7 Å². The molecular weight excluding hydrogens is 162 g/mol. The maximum Gasteiger partial charge on any atom is 0.142 e. The fourth-order valence-electron chi connectivity index (χ4n) is 1.31. The Balaban J connectivity index is 2.88. The Morgan fingerprint density at radius 1 is 1.38 bits per heavy atom. The largest absolute Gasteiger partial charge is 0.324 e. The molecule has 1 aromatic heterocycles. The smallest absolute Gasteiger partial charge is 0.142 e. The van der Waals surface area contributed by atoms with Crippen LogP contribution in [-0.4, -0.2) is 9.97 Å². The summed E-state index contributed by atoms with van der Waals surface area (Å²) in [4.78, 5) is 8.58. The molecule has 0 amide bonds. The van der Waals surface area contributed by atoms with Gasteiger partial charge in [0.25, 0.3) is 0 Å². The van der Waals surface area contributed by atoms with E-state index in [-0.39, 0.29) is 0 Å². The van der Waals surface area contributed by atoms with Crippen LogP contribution in [0.15, 0.2) is 6.07 Å². The van der Waals surface area contributed by atoms with E-state index in [0.717, 1.165) is 23.6 Å². The number of hydrogen-bond acceptors (Lipinski definition) is 3. The second kappa shape index (κ2) is 4.33. The Hall–Kier alpha value is -0.960. The van der Waals surface area contributed by atoms with Crippen LogP contribution in [0.2, 0.25) is 0 Å². The van der Waals surface area contributed by atoms with Crippen LogP contribution in [0.5, 0.6) is 0 Å². The maximum atomic E-state index is 5.49. The quantitative estimate of drug-likeness (QED) is 0.764. The van der Waals surface area contributed by atoms with Crippen LogP contribution in [0.25, 0.3) is 0 Å². The van der Waals surface area contributed by atoms with E-state index >= 15 is 0 Å². The molecule has 0 aliphatic carbocycles. The predicted octanol–water partition coefficient (Wildman–Crippen LogP) is 1.44. The first kappa shape index (κ1) is 10.1. The van der Waals surface area contributed by atoms with E-state index in [0.29, 0.717) is 12.5 Å². The summed E-state index contributed by atoms with van der Waals surface area (Å²) in [6.07, 6.45) is 0.996. The summed E-state index contributed by atoms with van der Waals surface area (Å²) in [6.45, 7) is 6.76. The van der Waals surface area contributed by atoms with Gasteiger partial charge in [-0.2, -0.15) is 0 Å². The minimum atomic E-state index is 0.423. The lowest BCUT2D eigenvalue weighted by Crippen LogP contribution is -2.08. The van der Waals surface area contributed by atoms with Gasteiger partial charge in [0.05, 0.1) is 6.54 Å². The third kappa shape index (κ3) is 3.11. The van der Waals surface area contributed by atoms with Crippen molar-refractivity contribution >= 4 is 0 Å². The molecule has 0 spiro atoms. The Labute approximate surface area is 79.4 Å². The minimum Gasteiger partial charge on any atom is -0.324 e. The van der Waals surface area contributed by atoms with Gasteiger partial charge in [-0.25, -0.2) is 9.97 Å². The number of aromatic nitrogens is 2. The van der Waals surface area contributed by atoms with Crippen molar-refractivity contribution in [1.29, 1.82) is 0 Å². The van der Waals surface area contributed by atoms with Crippen molar-refractivity contribution < 1.29 is 0 Å². The lowest BCUT2D eigenvalue weighted by atomic mass is 10.1. The van der Waals surface area contributed by atoms with E-state index in [9.17, 15) is 0 Å². The zero-order chi connectivity index (χ0) is 9.84. The van der Waals surface area contributed by atoms with Crippen LogP contribution < -0.4 is 5.73 Å². The van der Waals surface area contributed by atoms with Gasteiger partial charge in [0.15, 0.2) is 0 Å². The highest BCUT2D eigenvalue weighted by Gasteiger charge is 2.02. The van der Waals surface area contributed by atoms with Crippen molar-refractivity contribution in [3.63, 3.8) is 0 Å². The van der Waals surface area contributed by atoms with Gasteiger partial charge in [-0.05, 0) is 25.3 Å². The normalized spacial score (nSPS) is 10.8. The van der Waals surface area contributed by atoms with E-state index < -0.39 is 0 Å². The number of rotatable bonds is 3. The van der Waals surface area contributed by atoms with Gasteiger partial charge in [0.1, 0.15) is 5.82 Å². The number of aryl methyl sites for hydroxylation is 1. The molecule has 0 atom stereocenters. The predicted molar refractivity (Wildman–Crippen MR) is 53.2 cm³/mol. The van der Waals surface area contributed by atoms with Crippen LogP contribution in [0.3, 0.4) is 0 Å². The molecule has 2 N–H and O–H groups in total. The van der Waals surface area contributed by atoms with Gasteiger partial charge in [0, 0.05) is 11.4 Å². The van der Waals surface area contributed by atoms with E-state index in [1.54, 1.807) is 0 Å². The monoisotopic (exact) mass is 179 g/mol. The van der Waals surface area contributed by atoms with Crippen LogP contribution >= 0.6 is 0 Å². The minimum absolute atomic E-state index is 0.423. The first-order valence-corrected chi connectivity index (χ1v) is 4.65. The molecule has 1 aromatic rings. The summed E-state index contributed by atoms with van der Waals surface area (Å²) >= 11 is 0. The molecule has 0 saturated carbocycles. The maximum absolute atomic E-state index is 5.49. The molecule has 1 heterocycles. The van der Waals surface area contributed by atoms with E-state index in [1.807, 2.05) is 13.0 Å². The van der Waals surface area contributed by atoms with Gasteiger partial charge in [-0.3, -0.25) is 0 Å². The summed E-state index contributed by atoms with van der Waals surface area (Å²) in [5.74, 6) is 1.37. The Bertz CT molecular complexity index is 281. The molecule has 13 heavy (non-hydrogen) atoms. The van der Waals surface area contributed by atoms with Crippen molar-refractivity contribution in [1.82, 2.24) is 9.97 Å². The van der Waals surface area contributed by atoms with Crippen molar-refractivity contribution in [3.05, 3.63) is 23.3 Å². The van der Waals surface area contributed by atoms with Crippen LogP contribution in [0, 0.1) is 12.8 Å². The highest BCUT2D eigenvalue weighted by atomic mass is 14.9. The fraction of sp³-hybridized carbons (Fsp3) is 0.600. The zero-order valence-corrected chi connectivity index (χ0v) is 8.54. The first-order chi connectivity index (χ1) is 6.11. The lowest BCUT2D eigenvalue weighted by Gasteiger charge is -2.06. The van der Waals surface area contributed by atoms with Crippen LogP contribution in [-0.2, 0) is 13.0 Å². The summed E-state index contributed by atoms with van der Waals surface area (Å²) in [6, 6.07) is 2.03. The molecule has 3 nitrogen and oxygen atoms in total. The molecule has 0 bridgehead atoms. The molecule has 3 heteroatoms. The van der Waals surface area contributed by atoms with Gasteiger partial charge < -0.3 is 5.73 Å². The highest BCUT2D eigenvalue weighted by Crippen LogP contribution is 2.06. The lowest BCUT2D eigenvalue weighted by molar-refractivity contribution is 0.629. The van der Waals surface area contributed by atoms with Crippen molar-refractivity contribution in [2.45, 2.75) is 33.7 Å². The molecule has 0 aromatic carbocycles. The summed E-state index contributed by atoms with van der Waals surface area (Å²) in [5, 5.41) is 0. The molecule has 0 radical (unpaired) electrons. The van der Waals surface area contributed by atoms with Gasteiger partial charge in [-0.15, -0.1) is 0 Å². The molecule has 0 aliphatic rings. The Morgan fingerprint density at radius 3 is 2.62 bits per heavy atom. The Morgan fingerprint density at radius 2 is 2.08 bits per heavy atom. The first-order valence-electron chi connectivity index (χ1n) is 4.65. The molecule has 0 fully saturated rings. The second-order valence-electron chi connectivity index (χ2n) is 3.72. The third-order valence-electron chi connectivity index (χ3n) is 1.75. The van der Waals surface area contributed by atoms with E-state index in [4.69, 9.17) is 5.73 Å². The molecule has 0 saturated heterocycles. The van der Waals surface area contributed by atoms with Crippen molar-refractivity contribution in [2.75, 3.05) is 0 Å². The topological polar surface area (TPSA) is 51.8 Å². The average Bonchev–Trinajstić information content (AvgIpc) is 2.01. The van der Waals surface area contributed by atoms with E-state index in [2.05, 4.69) is 23.8 Å². The van der Waals surface area contributed by atoms with Crippen molar-refractivity contribution in [3.8, 4) is 0 Å². The summed E-state index contributed by atoms with van der Waals surface area (Å²) in [7, 11) is 0. The second-order valence-corrected chi connectivity index (χ2v) is 3.72. The number of nitrogens with zero attached hydrogens (tertiary/aromatic N) is 2. The Kier molecular flexibility index (Phi) is 3.37. The van der Waals surface area contributed by atoms with Gasteiger partial charge in [-0.1, -0.05) is 13.8 Å².